The quantitative estimate of drug-likeness (QED) is 0.629. The third kappa shape index (κ3) is 3.26. The van der Waals surface area contributed by atoms with Crippen molar-refractivity contribution in [3.05, 3.63) is 11.6 Å². The Balaban J connectivity index is 1.76. The number of rotatable bonds is 3. The van der Waals surface area contributed by atoms with Crippen LogP contribution in [-0.4, -0.2) is 17.5 Å². The lowest BCUT2D eigenvalue weighted by molar-refractivity contribution is -0.172. The molecule has 4 rings (SSSR count). The van der Waals surface area contributed by atoms with Crippen molar-refractivity contribution in [3.63, 3.8) is 0 Å². The lowest BCUT2D eigenvalue weighted by Gasteiger charge is -2.64. The molecule has 4 unspecified atom stereocenters. The molecule has 4 aliphatic rings. The van der Waals surface area contributed by atoms with Gasteiger partial charge < -0.3 is 5.73 Å². The average molecular weight is 442 g/mol. The summed E-state index contributed by atoms with van der Waals surface area (Å²) < 4.78 is 0. The van der Waals surface area contributed by atoms with E-state index in [9.17, 15) is 14.4 Å². The zero-order valence-corrected chi connectivity index (χ0v) is 21.0. The molecule has 32 heavy (non-hydrogen) atoms. The summed E-state index contributed by atoms with van der Waals surface area (Å²) in [6.45, 7) is 13.4. The highest BCUT2D eigenvalue weighted by molar-refractivity contribution is 5.96. The van der Waals surface area contributed by atoms with Gasteiger partial charge in [0.25, 0.3) is 0 Å². The maximum absolute atomic E-state index is 14.0. The van der Waals surface area contributed by atoms with E-state index < -0.39 is 0 Å². The molecule has 0 aromatic carbocycles. The number of allylic oxidation sites excluding steroid dienone is 2. The molecule has 0 saturated heterocycles. The summed E-state index contributed by atoms with van der Waals surface area (Å²) in [4.78, 5) is 38.8. The number of fused-ring (bicyclic) bond motifs is 3. The normalized spacial score (nSPS) is 46.1. The van der Waals surface area contributed by atoms with Gasteiger partial charge in [0.2, 0.25) is 5.91 Å². The summed E-state index contributed by atoms with van der Waals surface area (Å²) in [5.41, 5.74) is 6.43. The first-order valence-corrected chi connectivity index (χ1v) is 13.0. The molecule has 0 spiro atoms. The van der Waals surface area contributed by atoms with Gasteiger partial charge in [-0.1, -0.05) is 47.1 Å². The standard InChI is InChI=1S/C28H43NO3/c1-7-20-19(18-14-17(25(29)32)9-8-16(18)2)15-21(30)24-27(20,5)12-10-22-26(3,4)23(31)11-13-28(22,24)6/h15-18,20,22,24H,7-14H2,1-6H3,(H2,29,32)/t16-,17+,18?,20?,22?,24?,27+,28+/m1/s1. The van der Waals surface area contributed by atoms with Crippen LogP contribution < -0.4 is 5.73 Å². The molecule has 0 bridgehead atoms. The molecule has 0 heterocycles. The molecule has 4 heteroatoms. The summed E-state index contributed by atoms with van der Waals surface area (Å²) >= 11 is 0. The first-order valence-electron chi connectivity index (χ1n) is 13.0. The van der Waals surface area contributed by atoms with E-state index in [4.69, 9.17) is 5.73 Å². The van der Waals surface area contributed by atoms with Crippen molar-refractivity contribution < 1.29 is 14.4 Å². The highest BCUT2D eigenvalue weighted by atomic mass is 16.1. The fraction of sp³-hybridized carbons (Fsp3) is 0.821. The maximum atomic E-state index is 14.0. The van der Waals surface area contributed by atoms with Crippen LogP contribution in [-0.2, 0) is 14.4 Å². The summed E-state index contributed by atoms with van der Waals surface area (Å²) in [5.74, 6) is 1.70. The summed E-state index contributed by atoms with van der Waals surface area (Å²) in [7, 11) is 0. The fourth-order valence-electron chi connectivity index (χ4n) is 9.15. The van der Waals surface area contributed by atoms with Crippen LogP contribution in [0.4, 0.5) is 0 Å². The van der Waals surface area contributed by atoms with Gasteiger partial charge in [0.15, 0.2) is 5.78 Å². The second-order valence-electron chi connectivity index (χ2n) is 12.7. The Bertz CT molecular complexity index is 857. The Kier molecular flexibility index (Phi) is 5.78. The van der Waals surface area contributed by atoms with Crippen molar-refractivity contribution in [2.45, 2.75) is 92.9 Å². The average Bonchev–Trinajstić information content (AvgIpc) is 2.70. The molecule has 3 saturated carbocycles. The van der Waals surface area contributed by atoms with Crippen molar-refractivity contribution in [1.82, 2.24) is 0 Å². The summed E-state index contributed by atoms with van der Waals surface area (Å²) in [6, 6.07) is 0. The molecule has 8 atom stereocenters. The van der Waals surface area contributed by atoms with Gasteiger partial charge in [-0.05, 0) is 85.5 Å². The van der Waals surface area contributed by atoms with E-state index in [-0.39, 0.29) is 51.6 Å². The Morgan fingerprint density at radius 2 is 1.75 bits per heavy atom. The van der Waals surface area contributed by atoms with Crippen LogP contribution in [0.25, 0.3) is 0 Å². The summed E-state index contributed by atoms with van der Waals surface area (Å²) in [5, 5.41) is 0. The summed E-state index contributed by atoms with van der Waals surface area (Å²) in [6.07, 6.45) is 9.10. The van der Waals surface area contributed by atoms with Gasteiger partial charge >= 0.3 is 0 Å². The van der Waals surface area contributed by atoms with Crippen LogP contribution >= 0.6 is 0 Å². The van der Waals surface area contributed by atoms with Crippen molar-refractivity contribution in [2.75, 3.05) is 0 Å². The second kappa shape index (κ2) is 7.81. The van der Waals surface area contributed by atoms with Crippen molar-refractivity contribution in [3.8, 4) is 0 Å². The highest BCUT2D eigenvalue weighted by Gasteiger charge is 2.65. The Labute approximate surface area is 194 Å². The zero-order valence-electron chi connectivity index (χ0n) is 21.0. The topological polar surface area (TPSA) is 77.2 Å². The smallest absolute Gasteiger partial charge is 0.220 e. The molecule has 1 amide bonds. The number of Topliss-reactive ketones (excluding diaryl/α,β-unsaturated/α-hetero) is 1. The highest BCUT2D eigenvalue weighted by Crippen LogP contribution is 2.68. The van der Waals surface area contributed by atoms with E-state index in [1.165, 1.54) is 5.57 Å². The Morgan fingerprint density at radius 3 is 2.38 bits per heavy atom. The van der Waals surface area contributed by atoms with Gasteiger partial charge in [-0.2, -0.15) is 0 Å². The first-order chi connectivity index (χ1) is 14.9. The molecule has 0 aromatic rings. The predicted molar refractivity (Wildman–Crippen MR) is 127 cm³/mol. The number of amides is 1. The minimum Gasteiger partial charge on any atom is -0.369 e. The van der Waals surface area contributed by atoms with Crippen LogP contribution in [0.15, 0.2) is 11.6 Å². The number of hydrogen-bond donors (Lipinski definition) is 1. The lowest BCUT2D eigenvalue weighted by atomic mass is 9.38. The molecule has 4 nitrogen and oxygen atoms in total. The molecule has 4 aliphatic carbocycles. The monoisotopic (exact) mass is 441 g/mol. The zero-order chi connectivity index (χ0) is 23.6. The van der Waals surface area contributed by atoms with Gasteiger partial charge in [-0.15, -0.1) is 0 Å². The SMILES string of the molecule is CCC1C(C2C[C@@H](C(N)=O)CC[C@H]2C)=CC(=O)C2[C@@]1(C)CCC1C(C)(C)C(=O)CC[C@@]12C. The number of hydrogen-bond acceptors (Lipinski definition) is 3. The maximum Gasteiger partial charge on any atom is 0.220 e. The molecular weight excluding hydrogens is 398 g/mol. The molecule has 178 valence electrons. The van der Waals surface area contributed by atoms with Crippen LogP contribution in [0.1, 0.15) is 92.9 Å². The van der Waals surface area contributed by atoms with Crippen LogP contribution in [0, 0.1) is 51.8 Å². The largest absolute Gasteiger partial charge is 0.369 e. The Morgan fingerprint density at radius 1 is 1.06 bits per heavy atom. The van der Waals surface area contributed by atoms with Crippen molar-refractivity contribution >= 4 is 17.5 Å². The number of carbonyl (C=O) groups excluding carboxylic acids is 3. The molecular formula is C28H43NO3. The van der Waals surface area contributed by atoms with Crippen molar-refractivity contribution in [1.29, 1.82) is 0 Å². The minimum atomic E-state index is -0.354. The lowest BCUT2D eigenvalue weighted by Crippen LogP contribution is -2.62. The third-order valence-corrected chi connectivity index (χ3v) is 10.8. The van der Waals surface area contributed by atoms with E-state index in [2.05, 4.69) is 41.5 Å². The molecule has 2 N–H and O–H groups in total. The second-order valence-corrected chi connectivity index (χ2v) is 12.7. The number of nitrogens with two attached hydrogens (primary N) is 1. The van der Waals surface area contributed by atoms with Gasteiger partial charge in [0.05, 0.1) is 0 Å². The van der Waals surface area contributed by atoms with E-state index in [0.717, 1.165) is 44.9 Å². The number of ketones is 2. The van der Waals surface area contributed by atoms with E-state index >= 15 is 0 Å². The minimum absolute atomic E-state index is 0.0272. The molecule has 3 fully saturated rings. The van der Waals surface area contributed by atoms with Gasteiger partial charge in [-0.3, -0.25) is 14.4 Å². The molecule has 0 aromatic heterocycles. The van der Waals surface area contributed by atoms with Crippen molar-refractivity contribution in [2.24, 2.45) is 57.5 Å². The predicted octanol–water partition coefficient (Wildman–Crippen LogP) is 5.49. The van der Waals surface area contributed by atoms with Crippen LogP contribution in [0.5, 0.6) is 0 Å². The number of primary amides is 1. The van der Waals surface area contributed by atoms with Gasteiger partial charge in [0, 0.05) is 23.7 Å². The van der Waals surface area contributed by atoms with E-state index in [0.29, 0.717) is 24.0 Å². The number of carbonyl (C=O) groups is 3. The Hall–Kier alpha value is -1.45. The van der Waals surface area contributed by atoms with Crippen LogP contribution in [0.3, 0.4) is 0 Å². The molecule has 0 aliphatic heterocycles. The van der Waals surface area contributed by atoms with E-state index in [1.807, 2.05) is 6.08 Å². The van der Waals surface area contributed by atoms with E-state index in [1.54, 1.807) is 0 Å². The third-order valence-electron chi connectivity index (χ3n) is 10.8. The van der Waals surface area contributed by atoms with Gasteiger partial charge in [0.1, 0.15) is 5.78 Å². The first kappa shape index (κ1) is 23.7. The van der Waals surface area contributed by atoms with Crippen LogP contribution in [0.2, 0.25) is 0 Å². The molecule has 0 radical (unpaired) electrons. The fourth-order valence-corrected chi connectivity index (χ4v) is 9.15. The van der Waals surface area contributed by atoms with Gasteiger partial charge in [-0.25, -0.2) is 0 Å².